The lowest BCUT2D eigenvalue weighted by Gasteiger charge is -2.16. The van der Waals surface area contributed by atoms with E-state index in [1.165, 1.54) is 0 Å². The quantitative estimate of drug-likeness (QED) is 0.749. The highest BCUT2D eigenvalue weighted by atomic mass is 32.2. The fourth-order valence-electron chi connectivity index (χ4n) is 2.16. The van der Waals surface area contributed by atoms with Gasteiger partial charge in [-0.3, -0.25) is 0 Å². The molecule has 1 aromatic carbocycles. The molecule has 0 saturated heterocycles. The van der Waals surface area contributed by atoms with Gasteiger partial charge in [0.2, 0.25) is 0 Å². The third-order valence-electron chi connectivity index (χ3n) is 3.28. The summed E-state index contributed by atoms with van der Waals surface area (Å²) in [6.45, 7) is 4.00. The summed E-state index contributed by atoms with van der Waals surface area (Å²) < 4.78 is 29.4. The number of benzene rings is 1. The molecule has 0 bridgehead atoms. The molecule has 0 aliphatic heterocycles. The lowest BCUT2D eigenvalue weighted by atomic mass is 10.1. The third-order valence-corrected chi connectivity index (χ3v) is 5.05. The molecule has 114 valence electrons. The molecule has 0 spiro atoms. The van der Waals surface area contributed by atoms with Crippen LogP contribution in [0, 0.1) is 6.92 Å². The van der Waals surface area contributed by atoms with Crippen molar-refractivity contribution in [3.05, 3.63) is 29.3 Å². The smallest absolute Gasteiger partial charge is 0.152 e. The normalized spacial score (nSPS) is 13.2. The van der Waals surface area contributed by atoms with Crippen molar-refractivity contribution >= 4 is 9.84 Å². The van der Waals surface area contributed by atoms with Crippen LogP contribution in [0.4, 0.5) is 0 Å². The molecular formula is C15H25NO3S. The van der Waals surface area contributed by atoms with Crippen molar-refractivity contribution in [2.24, 2.45) is 5.73 Å². The minimum atomic E-state index is -3.12. The molecule has 1 rings (SSSR count). The van der Waals surface area contributed by atoms with Gasteiger partial charge in [-0.25, -0.2) is 8.42 Å². The zero-order valence-electron chi connectivity index (χ0n) is 12.6. The zero-order chi connectivity index (χ0) is 15.2. The van der Waals surface area contributed by atoms with Gasteiger partial charge in [0.15, 0.2) is 9.84 Å². The number of nitrogens with two attached hydrogens (primary N) is 1. The van der Waals surface area contributed by atoms with Crippen molar-refractivity contribution in [3.8, 4) is 5.75 Å². The number of ether oxygens (including phenoxy) is 1. The Hall–Kier alpha value is -1.07. The molecule has 2 N–H and O–H groups in total. The van der Waals surface area contributed by atoms with Crippen LogP contribution in [0.15, 0.2) is 18.2 Å². The molecule has 0 heterocycles. The van der Waals surface area contributed by atoms with Crippen LogP contribution in [-0.4, -0.2) is 27.0 Å². The molecule has 20 heavy (non-hydrogen) atoms. The van der Waals surface area contributed by atoms with Gasteiger partial charge in [-0.05, 0) is 19.4 Å². The van der Waals surface area contributed by atoms with Crippen molar-refractivity contribution in [3.63, 3.8) is 0 Å². The van der Waals surface area contributed by atoms with Crippen molar-refractivity contribution in [2.45, 2.75) is 39.2 Å². The first-order chi connectivity index (χ1) is 9.39. The summed E-state index contributed by atoms with van der Waals surface area (Å²) in [6.07, 6.45) is 2.64. The highest BCUT2D eigenvalue weighted by Gasteiger charge is 2.20. The second-order valence-corrected chi connectivity index (χ2v) is 7.40. The Balaban J connectivity index is 2.80. The largest absolute Gasteiger partial charge is 0.496 e. The van der Waals surface area contributed by atoms with Crippen LogP contribution >= 0.6 is 0 Å². The molecule has 1 atom stereocenters. The second kappa shape index (κ2) is 7.64. The fourth-order valence-corrected chi connectivity index (χ4v) is 3.70. The number of methoxy groups -OCH3 is 1. The van der Waals surface area contributed by atoms with E-state index in [0.29, 0.717) is 12.2 Å². The molecule has 0 saturated carbocycles. The minimum absolute atomic E-state index is 0.0312. The highest BCUT2D eigenvalue weighted by Crippen LogP contribution is 2.26. The van der Waals surface area contributed by atoms with Crippen LogP contribution in [0.3, 0.4) is 0 Å². The van der Waals surface area contributed by atoms with Gasteiger partial charge in [0.1, 0.15) is 5.75 Å². The number of sulfone groups is 1. The van der Waals surface area contributed by atoms with E-state index in [9.17, 15) is 8.42 Å². The lowest BCUT2D eigenvalue weighted by Crippen LogP contribution is -2.24. The molecule has 0 aromatic heterocycles. The first-order valence-electron chi connectivity index (χ1n) is 7.00. The predicted octanol–water partition coefficient (Wildman–Crippen LogP) is 2.61. The molecule has 1 aromatic rings. The van der Waals surface area contributed by atoms with Crippen LogP contribution in [-0.2, 0) is 9.84 Å². The van der Waals surface area contributed by atoms with Gasteiger partial charge in [0.05, 0.1) is 18.6 Å². The lowest BCUT2D eigenvalue weighted by molar-refractivity contribution is 0.407. The van der Waals surface area contributed by atoms with E-state index in [2.05, 4.69) is 6.92 Å². The van der Waals surface area contributed by atoms with Gasteiger partial charge in [-0.15, -0.1) is 0 Å². The Morgan fingerprint density at radius 2 is 2.00 bits per heavy atom. The Morgan fingerprint density at radius 1 is 1.30 bits per heavy atom. The Morgan fingerprint density at radius 3 is 2.60 bits per heavy atom. The average molecular weight is 299 g/mol. The standard InChI is InChI=1S/C15H25NO3S/c1-4-5-6-9-20(17,18)11-14(16)13-10-12(2)7-8-15(13)19-3/h7-8,10,14H,4-6,9,11,16H2,1-3H3. The monoisotopic (exact) mass is 299 g/mol. The minimum Gasteiger partial charge on any atom is -0.496 e. The van der Waals surface area contributed by atoms with Crippen molar-refractivity contribution in [1.82, 2.24) is 0 Å². The Kier molecular flexibility index (Phi) is 6.49. The van der Waals surface area contributed by atoms with Gasteiger partial charge in [-0.1, -0.05) is 37.5 Å². The second-order valence-electron chi connectivity index (χ2n) is 5.17. The molecule has 0 aliphatic carbocycles. The summed E-state index contributed by atoms with van der Waals surface area (Å²) in [5, 5.41) is 0. The van der Waals surface area contributed by atoms with E-state index in [1.807, 2.05) is 25.1 Å². The first kappa shape index (κ1) is 17.0. The van der Waals surface area contributed by atoms with E-state index >= 15 is 0 Å². The average Bonchev–Trinajstić information content (AvgIpc) is 2.38. The Labute approximate surface area is 122 Å². The number of hydrogen-bond donors (Lipinski definition) is 1. The predicted molar refractivity (Wildman–Crippen MR) is 82.8 cm³/mol. The maximum atomic E-state index is 12.1. The molecule has 4 nitrogen and oxygen atoms in total. The van der Waals surface area contributed by atoms with E-state index in [-0.39, 0.29) is 11.5 Å². The van der Waals surface area contributed by atoms with E-state index in [4.69, 9.17) is 10.5 Å². The fraction of sp³-hybridized carbons (Fsp3) is 0.600. The molecule has 0 radical (unpaired) electrons. The van der Waals surface area contributed by atoms with Crippen molar-refractivity contribution in [1.29, 1.82) is 0 Å². The topological polar surface area (TPSA) is 69.4 Å². The van der Waals surface area contributed by atoms with Crippen LogP contribution < -0.4 is 10.5 Å². The number of rotatable bonds is 8. The molecule has 0 fully saturated rings. The summed E-state index contributed by atoms with van der Waals surface area (Å²) in [5.74, 6) is 0.825. The van der Waals surface area contributed by atoms with Gasteiger partial charge in [-0.2, -0.15) is 0 Å². The SMILES string of the molecule is CCCCCS(=O)(=O)CC(N)c1cc(C)ccc1OC. The van der Waals surface area contributed by atoms with E-state index < -0.39 is 15.9 Å². The van der Waals surface area contributed by atoms with Crippen LogP contribution in [0.5, 0.6) is 5.75 Å². The van der Waals surface area contributed by atoms with E-state index in [0.717, 1.165) is 24.0 Å². The number of aryl methyl sites for hydroxylation is 1. The Bertz CT molecular complexity index is 526. The summed E-state index contributed by atoms with van der Waals surface area (Å²) >= 11 is 0. The van der Waals surface area contributed by atoms with E-state index in [1.54, 1.807) is 7.11 Å². The highest BCUT2D eigenvalue weighted by molar-refractivity contribution is 7.91. The molecule has 0 aliphatic rings. The first-order valence-corrected chi connectivity index (χ1v) is 8.82. The van der Waals surface area contributed by atoms with Crippen molar-refractivity contribution < 1.29 is 13.2 Å². The number of unbranched alkanes of at least 4 members (excludes halogenated alkanes) is 2. The van der Waals surface area contributed by atoms with Crippen LogP contribution in [0.2, 0.25) is 0 Å². The van der Waals surface area contributed by atoms with Gasteiger partial charge in [0.25, 0.3) is 0 Å². The van der Waals surface area contributed by atoms with Gasteiger partial charge < -0.3 is 10.5 Å². The molecule has 0 amide bonds. The molecular weight excluding hydrogens is 274 g/mol. The summed E-state index contributed by atoms with van der Waals surface area (Å²) in [5.41, 5.74) is 7.87. The maximum absolute atomic E-state index is 12.1. The molecule has 1 unspecified atom stereocenters. The maximum Gasteiger partial charge on any atom is 0.152 e. The third kappa shape index (κ3) is 5.13. The van der Waals surface area contributed by atoms with Crippen LogP contribution in [0.25, 0.3) is 0 Å². The zero-order valence-corrected chi connectivity index (χ0v) is 13.4. The number of hydrogen-bond acceptors (Lipinski definition) is 4. The van der Waals surface area contributed by atoms with Crippen molar-refractivity contribution in [2.75, 3.05) is 18.6 Å². The summed E-state index contributed by atoms with van der Waals surface area (Å²) in [4.78, 5) is 0. The van der Waals surface area contributed by atoms with Crippen LogP contribution in [0.1, 0.15) is 43.4 Å². The summed E-state index contributed by atoms with van der Waals surface area (Å²) in [7, 11) is -1.55. The molecule has 5 heteroatoms. The van der Waals surface area contributed by atoms with Gasteiger partial charge >= 0.3 is 0 Å². The van der Waals surface area contributed by atoms with Gasteiger partial charge in [0, 0.05) is 11.6 Å². The summed E-state index contributed by atoms with van der Waals surface area (Å²) in [6, 6.07) is 5.10.